The van der Waals surface area contributed by atoms with Crippen LogP contribution in [-0.2, 0) is 0 Å². The lowest BCUT2D eigenvalue weighted by molar-refractivity contribution is 0.0702. The second-order valence-electron chi connectivity index (χ2n) is 4.56. The minimum atomic E-state index is -1.02. The number of carboxylic acids is 1. The number of aromatic carboxylic acids is 1. The number of aromatic nitrogens is 1. The smallest absolute Gasteiger partial charge is 0.349 e. The molecule has 1 aromatic heterocycles. The standard InChI is InChI=1S/C11H17ClN2O2S/c1-6(2)5-14(7(3)4)11-13-9(12)8(17-11)10(15)16/h6-7H,5H2,1-4H3,(H,15,16). The predicted octanol–water partition coefficient (Wildman–Crippen LogP) is 3.37. The fourth-order valence-electron chi connectivity index (χ4n) is 1.45. The molecule has 17 heavy (non-hydrogen) atoms. The third kappa shape index (κ3) is 3.57. The summed E-state index contributed by atoms with van der Waals surface area (Å²) in [5, 5.41) is 9.70. The molecule has 0 aliphatic carbocycles. The Morgan fingerprint density at radius 2 is 2.06 bits per heavy atom. The fourth-order valence-corrected chi connectivity index (χ4v) is 2.71. The van der Waals surface area contributed by atoms with Gasteiger partial charge in [0.15, 0.2) is 15.2 Å². The highest BCUT2D eigenvalue weighted by Gasteiger charge is 2.21. The van der Waals surface area contributed by atoms with Crippen LogP contribution in [0.2, 0.25) is 5.15 Å². The summed E-state index contributed by atoms with van der Waals surface area (Å²) in [6.07, 6.45) is 0. The first-order valence-electron chi connectivity index (χ1n) is 5.49. The van der Waals surface area contributed by atoms with Gasteiger partial charge in [-0.3, -0.25) is 0 Å². The maximum absolute atomic E-state index is 10.9. The summed E-state index contributed by atoms with van der Waals surface area (Å²) < 4.78 is 0. The van der Waals surface area contributed by atoms with Gasteiger partial charge in [0, 0.05) is 12.6 Å². The second-order valence-corrected chi connectivity index (χ2v) is 5.90. The molecule has 0 saturated carbocycles. The summed E-state index contributed by atoms with van der Waals surface area (Å²) in [6.45, 7) is 9.17. The number of hydrogen-bond donors (Lipinski definition) is 1. The quantitative estimate of drug-likeness (QED) is 0.896. The van der Waals surface area contributed by atoms with Gasteiger partial charge in [-0.1, -0.05) is 36.8 Å². The van der Waals surface area contributed by atoms with Crippen molar-refractivity contribution in [2.45, 2.75) is 33.7 Å². The van der Waals surface area contributed by atoms with Crippen molar-refractivity contribution in [2.75, 3.05) is 11.4 Å². The van der Waals surface area contributed by atoms with E-state index in [0.717, 1.165) is 17.9 Å². The lowest BCUT2D eigenvalue weighted by Crippen LogP contribution is -2.33. The Kier molecular flexibility index (Phi) is 4.77. The molecule has 0 fully saturated rings. The van der Waals surface area contributed by atoms with Crippen LogP contribution >= 0.6 is 22.9 Å². The number of carbonyl (C=O) groups is 1. The molecule has 1 aromatic rings. The van der Waals surface area contributed by atoms with E-state index in [1.54, 1.807) is 0 Å². The monoisotopic (exact) mass is 276 g/mol. The van der Waals surface area contributed by atoms with Crippen molar-refractivity contribution >= 4 is 34.0 Å². The second kappa shape index (κ2) is 5.69. The molecule has 1 N–H and O–H groups in total. The van der Waals surface area contributed by atoms with Gasteiger partial charge in [-0.25, -0.2) is 9.78 Å². The van der Waals surface area contributed by atoms with E-state index in [2.05, 4.69) is 37.6 Å². The van der Waals surface area contributed by atoms with E-state index in [9.17, 15) is 4.79 Å². The van der Waals surface area contributed by atoms with Gasteiger partial charge in [0.05, 0.1) is 0 Å². The molecule has 0 unspecified atom stereocenters. The molecule has 6 heteroatoms. The van der Waals surface area contributed by atoms with E-state index in [1.165, 1.54) is 0 Å². The Hall–Kier alpha value is -0.810. The summed E-state index contributed by atoms with van der Waals surface area (Å²) >= 11 is 6.95. The highest BCUT2D eigenvalue weighted by atomic mass is 35.5. The third-order valence-corrected chi connectivity index (χ3v) is 3.67. The zero-order valence-electron chi connectivity index (χ0n) is 10.4. The van der Waals surface area contributed by atoms with Gasteiger partial charge >= 0.3 is 5.97 Å². The highest BCUT2D eigenvalue weighted by Crippen LogP contribution is 2.31. The van der Waals surface area contributed by atoms with Crippen molar-refractivity contribution in [1.29, 1.82) is 0 Å². The molecule has 0 atom stereocenters. The van der Waals surface area contributed by atoms with Crippen molar-refractivity contribution in [3.05, 3.63) is 10.0 Å². The number of halogens is 1. The maximum atomic E-state index is 10.9. The van der Waals surface area contributed by atoms with Crippen LogP contribution in [-0.4, -0.2) is 28.6 Å². The van der Waals surface area contributed by atoms with Gasteiger partial charge in [-0.15, -0.1) is 0 Å². The Balaban J connectivity index is 3.03. The molecule has 0 saturated heterocycles. The third-order valence-electron chi connectivity index (χ3n) is 2.20. The molecule has 1 rings (SSSR count). The van der Waals surface area contributed by atoms with Crippen LogP contribution in [0.1, 0.15) is 37.4 Å². The molecule has 0 aromatic carbocycles. The molecule has 1 heterocycles. The van der Waals surface area contributed by atoms with Crippen LogP contribution in [0.25, 0.3) is 0 Å². The SMILES string of the molecule is CC(C)CN(c1nc(Cl)c(C(=O)O)s1)C(C)C. The van der Waals surface area contributed by atoms with Gasteiger partial charge in [0.1, 0.15) is 0 Å². The Morgan fingerprint density at radius 1 is 1.47 bits per heavy atom. The summed E-state index contributed by atoms with van der Waals surface area (Å²) in [5.41, 5.74) is 0. The molecular formula is C11H17ClN2O2S. The molecule has 0 amide bonds. The van der Waals surface area contributed by atoms with Crippen molar-refractivity contribution in [2.24, 2.45) is 5.92 Å². The molecule has 0 radical (unpaired) electrons. The normalized spacial score (nSPS) is 11.2. The Morgan fingerprint density at radius 3 is 2.41 bits per heavy atom. The van der Waals surface area contributed by atoms with E-state index in [4.69, 9.17) is 16.7 Å². The van der Waals surface area contributed by atoms with Crippen LogP contribution in [0, 0.1) is 5.92 Å². The number of thiazole rings is 1. The average Bonchev–Trinajstić information content (AvgIpc) is 2.55. The summed E-state index contributed by atoms with van der Waals surface area (Å²) in [4.78, 5) is 17.2. The maximum Gasteiger partial charge on any atom is 0.349 e. The van der Waals surface area contributed by atoms with Crippen LogP contribution in [0.4, 0.5) is 5.13 Å². The molecule has 96 valence electrons. The van der Waals surface area contributed by atoms with Crippen molar-refractivity contribution in [1.82, 2.24) is 4.98 Å². The number of rotatable bonds is 5. The van der Waals surface area contributed by atoms with Crippen molar-refractivity contribution < 1.29 is 9.90 Å². The highest BCUT2D eigenvalue weighted by molar-refractivity contribution is 7.18. The van der Waals surface area contributed by atoms with Gasteiger partial charge in [-0.2, -0.15) is 0 Å². The molecular weight excluding hydrogens is 260 g/mol. The minimum Gasteiger partial charge on any atom is -0.477 e. The van der Waals surface area contributed by atoms with Crippen molar-refractivity contribution in [3.63, 3.8) is 0 Å². The fraction of sp³-hybridized carbons (Fsp3) is 0.636. The molecule has 0 spiro atoms. The Labute approximate surface area is 110 Å². The molecule has 0 aliphatic heterocycles. The van der Waals surface area contributed by atoms with E-state index in [0.29, 0.717) is 11.0 Å². The van der Waals surface area contributed by atoms with Crippen LogP contribution in [0.3, 0.4) is 0 Å². The lowest BCUT2D eigenvalue weighted by atomic mass is 10.2. The van der Waals surface area contributed by atoms with E-state index in [-0.39, 0.29) is 16.1 Å². The van der Waals surface area contributed by atoms with E-state index in [1.807, 2.05) is 0 Å². The van der Waals surface area contributed by atoms with E-state index >= 15 is 0 Å². The summed E-state index contributed by atoms with van der Waals surface area (Å²) in [7, 11) is 0. The number of hydrogen-bond acceptors (Lipinski definition) is 4. The Bertz CT molecular complexity index is 404. The number of nitrogens with zero attached hydrogens (tertiary/aromatic N) is 2. The number of carboxylic acid groups (broad SMARTS) is 1. The molecule has 0 aliphatic rings. The zero-order chi connectivity index (χ0) is 13.2. The van der Waals surface area contributed by atoms with Gasteiger partial charge < -0.3 is 10.0 Å². The lowest BCUT2D eigenvalue weighted by Gasteiger charge is -2.27. The van der Waals surface area contributed by atoms with Crippen LogP contribution < -0.4 is 4.90 Å². The van der Waals surface area contributed by atoms with Gasteiger partial charge in [0.25, 0.3) is 0 Å². The first kappa shape index (κ1) is 14.3. The molecule has 0 bridgehead atoms. The van der Waals surface area contributed by atoms with Crippen LogP contribution in [0.5, 0.6) is 0 Å². The van der Waals surface area contributed by atoms with E-state index < -0.39 is 5.97 Å². The van der Waals surface area contributed by atoms with Crippen molar-refractivity contribution in [3.8, 4) is 0 Å². The predicted molar refractivity (Wildman–Crippen MR) is 71.4 cm³/mol. The summed E-state index contributed by atoms with van der Waals surface area (Å²) in [6, 6.07) is 0.265. The molecule has 4 nitrogen and oxygen atoms in total. The average molecular weight is 277 g/mol. The first-order valence-corrected chi connectivity index (χ1v) is 6.68. The largest absolute Gasteiger partial charge is 0.477 e. The summed E-state index contributed by atoms with van der Waals surface area (Å²) in [5.74, 6) is -0.541. The number of anilines is 1. The van der Waals surface area contributed by atoms with Gasteiger partial charge in [-0.05, 0) is 19.8 Å². The topological polar surface area (TPSA) is 53.4 Å². The van der Waals surface area contributed by atoms with Crippen LogP contribution in [0.15, 0.2) is 0 Å². The first-order chi connectivity index (χ1) is 7.82. The zero-order valence-corrected chi connectivity index (χ0v) is 12.0. The van der Waals surface area contributed by atoms with Gasteiger partial charge in [0.2, 0.25) is 0 Å². The minimum absolute atomic E-state index is 0.0758.